The minimum absolute atomic E-state index is 0.179. The number of ether oxygens (including phenoxy) is 3. The summed E-state index contributed by atoms with van der Waals surface area (Å²) in [6.07, 6.45) is 0.687. The summed E-state index contributed by atoms with van der Waals surface area (Å²) in [5.41, 5.74) is 1.48. The minimum Gasteiger partial charge on any atom is -0.493 e. The van der Waals surface area contributed by atoms with Crippen LogP contribution in [0.3, 0.4) is 0 Å². The third-order valence-electron chi connectivity index (χ3n) is 4.05. The fourth-order valence-electron chi connectivity index (χ4n) is 2.82. The second-order valence-corrected chi connectivity index (χ2v) is 6.90. The van der Waals surface area contributed by atoms with Crippen molar-refractivity contribution >= 4 is 27.5 Å². The van der Waals surface area contributed by atoms with Crippen LogP contribution in [-0.4, -0.2) is 37.8 Å². The van der Waals surface area contributed by atoms with Gasteiger partial charge in [-0.05, 0) is 24.3 Å². The molecule has 1 N–H and O–H groups in total. The molecule has 26 heavy (non-hydrogen) atoms. The van der Waals surface area contributed by atoms with Crippen LogP contribution < -0.4 is 19.5 Å². The lowest BCUT2D eigenvalue weighted by Gasteiger charge is -2.21. The van der Waals surface area contributed by atoms with E-state index in [0.717, 1.165) is 15.2 Å². The van der Waals surface area contributed by atoms with Crippen LogP contribution >= 0.6 is 11.3 Å². The maximum absolute atomic E-state index is 12.5. The van der Waals surface area contributed by atoms with Gasteiger partial charge in [0, 0.05) is 18.5 Å². The first kappa shape index (κ1) is 16.7. The van der Waals surface area contributed by atoms with Gasteiger partial charge in [-0.2, -0.15) is 0 Å². The molecule has 134 valence electrons. The van der Waals surface area contributed by atoms with Crippen molar-refractivity contribution in [2.24, 2.45) is 0 Å². The quantitative estimate of drug-likeness (QED) is 0.748. The molecule has 4 rings (SSSR count). The molecule has 1 aromatic heterocycles. The Hall–Kier alpha value is -2.80. The number of methoxy groups -OCH3 is 1. The number of amides is 1. The SMILES string of the molecule is COc1cc(C(=O)NCCc2nc3ccccc3s2)cc2c1OCCO2. The zero-order chi connectivity index (χ0) is 17.9. The Kier molecular flexibility index (Phi) is 4.62. The molecule has 1 aliphatic rings. The predicted octanol–water partition coefficient (Wildman–Crippen LogP) is 3.05. The molecule has 0 radical (unpaired) electrons. The van der Waals surface area contributed by atoms with Crippen LogP contribution in [0.15, 0.2) is 36.4 Å². The summed E-state index contributed by atoms with van der Waals surface area (Å²) in [4.78, 5) is 17.1. The Labute approximate surface area is 154 Å². The summed E-state index contributed by atoms with van der Waals surface area (Å²) in [6, 6.07) is 11.4. The number of fused-ring (bicyclic) bond motifs is 2. The first-order valence-electron chi connectivity index (χ1n) is 8.35. The molecular formula is C19H18N2O4S. The van der Waals surface area contributed by atoms with Crippen molar-refractivity contribution in [2.75, 3.05) is 26.9 Å². The molecule has 2 heterocycles. The molecule has 0 saturated carbocycles. The second kappa shape index (κ2) is 7.21. The number of carbonyl (C=O) groups is 1. The first-order valence-corrected chi connectivity index (χ1v) is 9.16. The van der Waals surface area contributed by atoms with Crippen LogP contribution in [0.4, 0.5) is 0 Å². The van der Waals surface area contributed by atoms with Crippen molar-refractivity contribution in [1.29, 1.82) is 0 Å². The maximum Gasteiger partial charge on any atom is 0.251 e. The van der Waals surface area contributed by atoms with Gasteiger partial charge in [-0.15, -0.1) is 11.3 Å². The number of para-hydroxylation sites is 1. The monoisotopic (exact) mass is 370 g/mol. The summed E-state index contributed by atoms with van der Waals surface area (Å²) in [6.45, 7) is 1.44. The molecule has 0 bridgehead atoms. The Morgan fingerprint density at radius 2 is 2.12 bits per heavy atom. The van der Waals surface area contributed by atoms with Crippen molar-refractivity contribution in [3.8, 4) is 17.2 Å². The van der Waals surface area contributed by atoms with Crippen LogP contribution in [0.5, 0.6) is 17.2 Å². The van der Waals surface area contributed by atoms with E-state index in [1.807, 2.05) is 18.2 Å². The summed E-state index contributed by atoms with van der Waals surface area (Å²) in [5.74, 6) is 1.40. The van der Waals surface area contributed by atoms with E-state index < -0.39 is 0 Å². The lowest BCUT2D eigenvalue weighted by atomic mass is 10.1. The van der Waals surface area contributed by atoms with E-state index in [0.29, 0.717) is 49.0 Å². The zero-order valence-corrected chi connectivity index (χ0v) is 15.1. The number of hydrogen-bond acceptors (Lipinski definition) is 6. The number of aromatic nitrogens is 1. The molecule has 0 unspecified atom stereocenters. The molecule has 0 aliphatic carbocycles. The van der Waals surface area contributed by atoms with Gasteiger partial charge in [0.25, 0.3) is 5.91 Å². The van der Waals surface area contributed by atoms with Gasteiger partial charge in [0.15, 0.2) is 11.5 Å². The molecule has 0 saturated heterocycles. The molecule has 2 aromatic carbocycles. The summed E-state index contributed by atoms with van der Waals surface area (Å²) in [5, 5.41) is 3.93. The van der Waals surface area contributed by atoms with Gasteiger partial charge in [0.1, 0.15) is 13.2 Å². The maximum atomic E-state index is 12.5. The normalized spacial score (nSPS) is 12.8. The zero-order valence-electron chi connectivity index (χ0n) is 14.3. The number of thiazole rings is 1. The Morgan fingerprint density at radius 3 is 2.96 bits per heavy atom. The van der Waals surface area contributed by atoms with E-state index in [-0.39, 0.29) is 5.91 Å². The highest BCUT2D eigenvalue weighted by Crippen LogP contribution is 2.40. The molecule has 0 atom stereocenters. The summed E-state index contributed by atoms with van der Waals surface area (Å²) < 4.78 is 17.6. The lowest BCUT2D eigenvalue weighted by Crippen LogP contribution is -2.26. The van der Waals surface area contributed by atoms with Crippen LogP contribution in [0, 0.1) is 0 Å². The molecule has 0 fully saturated rings. The molecule has 7 heteroatoms. The number of hydrogen-bond donors (Lipinski definition) is 1. The van der Waals surface area contributed by atoms with Gasteiger partial charge >= 0.3 is 0 Å². The second-order valence-electron chi connectivity index (χ2n) is 5.78. The molecule has 6 nitrogen and oxygen atoms in total. The average Bonchev–Trinajstić information content (AvgIpc) is 3.09. The van der Waals surface area contributed by atoms with Crippen molar-refractivity contribution in [3.63, 3.8) is 0 Å². The Balaban J connectivity index is 1.43. The van der Waals surface area contributed by atoms with E-state index in [4.69, 9.17) is 14.2 Å². The van der Waals surface area contributed by atoms with Gasteiger partial charge in [-0.1, -0.05) is 12.1 Å². The molecular weight excluding hydrogens is 352 g/mol. The fraction of sp³-hybridized carbons (Fsp3) is 0.263. The van der Waals surface area contributed by atoms with E-state index in [2.05, 4.69) is 16.4 Å². The third-order valence-corrected chi connectivity index (χ3v) is 5.15. The van der Waals surface area contributed by atoms with Crippen molar-refractivity contribution < 1.29 is 19.0 Å². The van der Waals surface area contributed by atoms with Crippen molar-refractivity contribution in [1.82, 2.24) is 10.3 Å². The largest absolute Gasteiger partial charge is 0.493 e. The van der Waals surface area contributed by atoms with Gasteiger partial charge in [-0.25, -0.2) is 4.98 Å². The van der Waals surface area contributed by atoms with Gasteiger partial charge in [0.05, 0.1) is 22.3 Å². The number of rotatable bonds is 5. The number of nitrogens with one attached hydrogen (secondary N) is 1. The number of nitrogens with zero attached hydrogens (tertiary/aromatic N) is 1. The van der Waals surface area contributed by atoms with E-state index in [9.17, 15) is 4.79 Å². The van der Waals surface area contributed by atoms with Crippen LogP contribution in [0.25, 0.3) is 10.2 Å². The van der Waals surface area contributed by atoms with Crippen molar-refractivity contribution in [3.05, 3.63) is 47.0 Å². The van der Waals surface area contributed by atoms with Crippen LogP contribution in [0.2, 0.25) is 0 Å². The highest BCUT2D eigenvalue weighted by molar-refractivity contribution is 7.18. The van der Waals surface area contributed by atoms with Gasteiger partial charge < -0.3 is 19.5 Å². The highest BCUT2D eigenvalue weighted by Gasteiger charge is 2.20. The average molecular weight is 370 g/mol. The molecule has 3 aromatic rings. The minimum atomic E-state index is -0.179. The molecule has 1 aliphatic heterocycles. The van der Waals surface area contributed by atoms with Gasteiger partial charge in [0.2, 0.25) is 5.75 Å². The molecule has 1 amide bonds. The number of benzene rings is 2. The fourth-order valence-corrected chi connectivity index (χ4v) is 3.78. The Bertz CT molecular complexity index is 904. The predicted molar refractivity (Wildman–Crippen MR) is 99.6 cm³/mol. The molecule has 0 spiro atoms. The van der Waals surface area contributed by atoms with E-state index in [1.165, 1.54) is 0 Å². The third kappa shape index (κ3) is 3.30. The Morgan fingerprint density at radius 1 is 1.27 bits per heavy atom. The van der Waals surface area contributed by atoms with E-state index >= 15 is 0 Å². The topological polar surface area (TPSA) is 69.7 Å². The summed E-state index contributed by atoms with van der Waals surface area (Å²) in [7, 11) is 1.54. The van der Waals surface area contributed by atoms with Crippen LogP contribution in [0.1, 0.15) is 15.4 Å². The number of carbonyl (C=O) groups excluding carboxylic acids is 1. The standard InChI is InChI=1S/C19H18N2O4S/c1-23-14-10-12(11-15-18(14)25-9-8-24-15)19(22)20-7-6-17-21-13-4-2-3-5-16(13)26-17/h2-5,10-11H,6-9H2,1H3,(H,20,22). The van der Waals surface area contributed by atoms with Gasteiger partial charge in [-0.3, -0.25) is 4.79 Å². The smallest absolute Gasteiger partial charge is 0.251 e. The van der Waals surface area contributed by atoms with Crippen LogP contribution in [-0.2, 0) is 6.42 Å². The first-order chi connectivity index (χ1) is 12.7. The highest BCUT2D eigenvalue weighted by atomic mass is 32.1. The van der Waals surface area contributed by atoms with Crippen molar-refractivity contribution in [2.45, 2.75) is 6.42 Å². The van der Waals surface area contributed by atoms with E-state index in [1.54, 1.807) is 30.6 Å². The summed E-state index contributed by atoms with van der Waals surface area (Å²) >= 11 is 1.65. The lowest BCUT2D eigenvalue weighted by molar-refractivity contribution is 0.0952.